The lowest BCUT2D eigenvalue weighted by Gasteiger charge is -2.16. The molecular formula is C13H18N2O3. The molecule has 1 N–H and O–H groups in total. The number of hydrogen-bond acceptors (Lipinski definition) is 5. The third-order valence-corrected chi connectivity index (χ3v) is 3.98. The molecule has 5 nitrogen and oxygen atoms in total. The minimum absolute atomic E-state index is 0.340. The van der Waals surface area contributed by atoms with Gasteiger partial charge in [0.05, 0.1) is 13.4 Å². The first-order valence-electron chi connectivity index (χ1n) is 6.35. The predicted molar refractivity (Wildman–Crippen MR) is 65.2 cm³/mol. The van der Waals surface area contributed by atoms with Crippen molar-refractivity contribution in [2.75, 3.05) is 33.3 Å². The number of hydrogen-bond donors (Lipinski definition) is 1. The van der Waals surface area contributed by atoms with Gasteiger partial charge in [0.25, 0.3) is 0 Å². The molecule has 0 radical (unpaired) electrons. The van der Waals surface area contributed by atoms with E-state index in [-0.39, 0.29) is 0 Å². The summed E-state index contributed by atoms with van der Waals surface area (Å²) >= 11 is 0. The Morgan fingerprint density at radius 2 is 2.22 bits per heavy atom. The summed E-state index contributed by atoms with van der Waals surface area (Å²) < 4.78 is 9.92. The first kappa shape index (κ1) is 11.7. The number of rotatable bonds is 3. The van der Waals surface area contributed by atoms with Gasteiger partial charge in [-0.2, -0.15) is 0 Å². The molecule has 2 aliphatic heterocycles. The Bertz CT molecular complexity index is 431. The number of fused-ring (bicyclic) bond motifs is 1. The fraction of sp³-hybridized carbons (Fsp3) is 0.615. The molecule has 2 fully saturated rings. The van der Waals surface area contributed by atoms with Gasteiger partial charge < -0.3 is 14.5 Å². The van der Waals surface area contributed by atoms with E-state index in [1.54, 1.807) is 6.26 Å². The maximum Gasteiger partial charge on any atom is 0.374 e. The van der Waals surface area contributed by atoms with Crippen LogP contribution in [0, 0.1) is 11.8 Å². The van der Waals surface area contributed by atoms with E-state index in [1.165, 1.54) is 7.11 Å². The van der Waals surface area contributed by atoms with Crippen LogP contribution in [0.1, 0.15) is 16.1 Å². The molecule has 1 aromatic heterocycles. The molecule has 18 heavy (non-hydrogen) atoms. The number of furan rings is 1. The van der Waals surface area contributed by atoms with Gasteiger partial charge in [-0.1, -0.05) is 0 Å². The van der Waals surface area contributed by atoms with Crippen molar-refractivity contribution in [2.45, 2.75) is 6.54 Å². The standard InChI is InChI=1S/C13H18N2O3/c1-17-13(16)12-9(2-3-18-12)6-15-7-10-4-14-5-11(10)8-15/h2-3,10-11,14H,4-8H2,1H3. The highest BCUT2D eigenvalue weighted by Crippen LogP contribution is 2.28. The molecule has 0 saturated carbocycles. The van der Waals surface area contributed by atoms with Gasteiger partial charge in [0.15, 0.2) is 0 Å². The Morgan fingerprint density at radius 1 is 1.50 bits per heavy atom. The average molecular weight is 250 g/mol. The van der Waals surface area contributed by atoms with Gasteiger partial charge in [0, 0.05) is 25.2 Å². The van der Waals surface area contributed by atoms with E-state index in [9.17, 15) is 4.79 Å². The van der Waals surface area contributed by atoms with Crippen molar-refractivity contribution in [1.29, 1.82) is 0 Å². The Morgan fingerprint density at radius 3 is 2.89 bits per heavy atom. The quantitative estimate of drug-likeness (QED) is 0.801. The second-order valence-electron chi connectivity index (χ2n) is 5.14. The van der Waals surface area contributed by atoms with Crippen molar-refractivity contribution >= 4 is 5.97 Å². The van der Waals surface area contributed by atoms with Crippen LogP contribution in [0.5, 0.6) is 0 Å². The van der Waals surface area contributed by atoms with Gasteiger partial charge in [-0.15, -0.1) is 0 Å². The predicted octanol–water partition coefficient (Wildman–Crippen LogP) is 0.717. The van der Waals surface area contributed by atoms with Crippen molar-refractivity contribution in [3.8, 4) is 0 Å². The lowest BCUT2D eigenvalue weighted by molar-refractivity contribution is 0.0562. The molecule has 1 aromatic rings. The Balaban J connectivity index is 1.67. The van der Waals surface area contributed by atoms with Gasteiger partial charge >= 0.3 is 5.97 Å². The molecule has 0 amide bonds. The van der Waals surface area contributed by atoms with Crippen LogP contribution in [0.4, 0.5) is 0 Å². The average Bonchev–Trinajstić information content (AvgIpc) is 3.03. The van der Waals surface area contributed by atoms with Crippen molar-refractivity contribution in [1.82, 2.24) is 10.2 Å². The summed E-state index contributed by atoms with van der Waals surface area (Å²) in [7, 11) is 1.38. The summed E-state index contributed by atoms with van der Waals surface area (Å²) in [6.45, 7) is 5.22. The Labute approximate surface area is 106 Å². The van der Waals surface area contributed by atoms with Crippen LogP contribution >= 0.6 is 0 Å². The van der Waals surface area contributed by atoms with E-state index < -0.39 is 5.97 Å². The summed E-state index contributed by atoms with van der Waals surface area (Å²) in [5.74, 6) is 1.47. The van der Waals surface area contributed by atoms with E-state index in [1.807, 2.05) is 6.07 Å². The van der Waals surface area contributed by atoms with Crippen LogP contribution in [0.15, 0.2) is 16.7 Å². The molecule has 0 aromatic carbocycles. The zero-order chi connectivity index (χ0) is 12.5. The van der Waals surface area contributed by atoms with E-state index in [0.717, 1.165) is 50.1 Å². The number of likely N-dealkylation sites (tertiary alicyclic amines) is 1. The topological polar surface area (TPSA) is 54.7 Å². The zero-order valence-corrected chi connectivity index (χ0v) is 10.5. The first-order chi connectivity index (χ1) is 8.78. The van der Waals surface area contributed by atoms with Crippen LogP contribution in [0.25, 0.3) is 0 Å². The fourth-order valence-corrected chi connectivity index (χ4v) is 3.05. The molecular weight excluding hydrogens is 232 g/mol. The molecule has 5 heteroatoms. The van der Waals surface area contributed by atoms with Crippen LogP contribution in [-0.4, -0.2) is 44.2 Å². The molecule has 2 saturated heterocycles. The molecule has 0 bridgehead atoms. The van der Waals surface area contributed by atoms with Crippen LogP contribution in [0.2, 0.25) is 0 Å². The smallest absolute Gasteiger partial charge is 0.374 e. The largest absolute Gasteiger partial charge is 0.463 e. The third kappa shape index (κ3) is 2.04. The lowest BCUT2D eigenvalue weighted by Crippen LogP contribution is -2.25. The SMILES string of the molecule is COC(=O)c1occc1CN1CC2CNCC2C1. The van der Waals surface area contributed by atoms with Gasteiger partial charge in [-0.25, -0.2) is 4.79 Å². The Kier molecular flexibility index (Phi) is 3.09. The van der Waals surface area contributed by atoms with Crippen molar-refractivity contribution in [3.63, 3.8) is 0 Å². The maximum atomic E-state index is 11.5. The van der Waals surface area contributed by atoms with E-state index in [4.69, 9.17) is 9.15 Å². The van der Waals surface area contributed by atoms with Crippen LogP contribution < -0.4 is 5.32 Å². The molecule has 2 unspecified atom stereocenters. The first-order valence-corrected chi connectivity index (χ1v) is 6.35. The molecule has 98 valence electrons. The molecule has 2 atom stereocenters. The van der Waals surface area contributed by atoms with Gasteiger partial charge in [0.2, 0.25) is 5.76 Å². The van der Waals surface area contributed by atoms with Crippen molar-refractivity contribution in [3.05, 3.63) is 23.7 Å². The minimum Gasteiger partial charge on any atom is -0.463 e. The van der Waals surface area contributed by atoms with Gasteiger partial charge in [-0.05, 0) is 31.0 Å². The van der Waals surface area contributed by atoms with Crippen molar-refractivity contribution < 1.29 is 13.9 Å². The molecule has 0 spiro atoms. The van der Waals surface area contributed by atoms with Crippen molar-refractivity contribution in [2.24, 2.45) is 11.8 Å². The number of carbonyl (C=O) groups excluding carboxylic acids is 1. The summed E-state index contributed by atoms with van der Waals surface area (Å²) in [6.07, 6.45) is 1.56. The third-order valence-electron chi connectivity index (χ3n) is 3.98. The van der Waals surface area contributed by atoms with Crippen LogP contribution in [0.3, 0.4) is 0 Å². The molecule has 3 heterocycles. The second-order valence-corrected chi connectivity index (χ2v) is 5.14. The number of esters is 1. The van der Waals surface area contributed by atoms with Gasteiger partial charge in [0.1, 0.15) is 0 Å². The fourth-order valence-electron chi connectivity index (χ4n) is 3.05. The van der Waals surface area contributed by atoms with Crippen LogP contribution in [-0.2, 0) is 11.3 Å². The number of methoxy groups -OCH3 is 1. The summed E-state index contributed by atoms with van der Waals surface area (Å²) in [5, 5.41) is 3.42. The summed E-state index contributed by atoms with van der Waals surface area (Å²) in [5.41, 5.74) is 0.926. The van der Waals surface area contributed by atoms with E-state index >= 15 is 0 Å². The summed E-state index contributed by atoms with van der Waals surface area (Å²) in [6, 6.07) is 1.86. The van der Waals surface area contributed by atoms with Gasteiger partial charge in [-0.3, -0.25) is 4.90 Å². The highest BCUT2D eigenvalue weighted by Gasteiger charge is 2.36. The normalized spacial score (nSPS) is 27.4. The second kappa shape index (κ2) is 4.74. The maximum absolute atomic E-state index is 11.5. The molecule has 3 rings (SSSR count). The zero-order valence-electron chi connectivity index (χ0n) is 10.5. The monoisotopic (exact) mass is 250 g/mol. The Hall–Kier alpha value is -1.33. The number of nitrogens with one attached hydrogen (secondary N) is 1. The van der Waals surface area contributed by atoms with E-state index in [0.29, 0.717) is 5.76 Å². The molecule has 0 aliphatic carbocycles. The van der Waals surface area contributed by atoms with E-state index in [2.05, 4.69) is 10.2 Å². The number of ether oxygens (including phenoxy) is 1. The lowest BCUT2D eigenvalue weighted by atomic mass is 10.0. The highest BCUT2D eigenvalue weighted by atomic mass is 16.5. The summed E-state index contributed by atoms with van der Waals surface area (Å²) in [4.78, 5) is 13.9. The highest BCUT2D eigenvalue weighted by molar-refractivity contribution is 5.87. The molecule has 2 aliphatic rings. The number of carbonyl (C=O) groups is 1. The number of nitrogens with zero attached hydrogens (tertiary/aromatic N) is 1. The minimum atomic E-state index is -0.393.